The van der Waals surface area contributed by atoms with Crippen molar-refractivity contribution in [2.24, 2.45) is 0 Å². The number of aryl methyl sites for hydroxylation is 1. The first kappa shape index (κ1) is 16.9. The van der Waals surface area contributed by atoms with Crippen LogP contribution in [-0.2, 0) is 6.42 Å². The van der Waals surface area contributed by atoms with Gasteiger partial charge in [0.2, 0.25) is 0 Å². The van der Waals surface area contributed by atoms with E-state index in [2.05, 4.69) is 10.9 Å². The van der Waals surface area contributed by atoms with E-state index in [9.17, 15) is 19.7 Å². The molecule has 2 amide bonds. The molecule has 0 fully saturated rings. The van der Waals surface area contributed by atoms with Crippen LogP contribution in [0, 0.1) is 10.1 Å². The lowest BCUT2D eigenvalue weighted by atomic mass is 10.1. The van der Waals surface area contributed by atoms with Crippen LogP contribution in [0.15, 0.2) is 42.5 Å². The van der Waals surface area contributed by atoms with E-state index in [-0.39, 0.29) is 16.9 Å². The number of anilines is 1. The highest BCUT2D eigenvalue weighted by Crippen LogP contribution is 2.22. The van der Waals surface area contributed by atoms with E-state index in [4.69, 9.17) is 5.73 Å². The lowest BCUT2D eigenvalue weighted by Gasteiger charge is -2.08. The molecular weight excluding hydrogens is 312 g/mol. The average Bonchev–Trinajstić information content (AvgIpc) is 2.59. The number of carbonyl (C=O) groups is 2. The Morgan fingerprint density at radius 3 is 2.12 bits per heavy atom. The van der Waals surface area contributed by atoms with E-state index in [0.717, 1.165) is 18.1 Å². The number of hydrazine groups is 1. The predicted octanol–water partition coefficient (Wildman–Crippen LogP) is 1.81. The number of rotatable bonds is 4. The van der Waals surface area contributed by atoms with Crippen molar-refractivity contribution >= 4 is 23.2 Å². The van der Waals surface area contributed by atoms with Crippen LogP contribution in [0.1, 0.15) is 33.2 Å². The standard InChI is InChI=1S/C16H16N4O4/c1-2-10-3-5-11(6-4-10)15(21)18-19-16(22)12-7-8-13(17)14(9-12)20(23)24/h3-9H,2,17H2,1H3,(H,18,21)(H,19,22). The molecule has 0 aliphatic carbocycles. The maximum absolute atomic E-state index is 12.0. The Hall–Kier alpha value is -3.42. The molecule has 24 heavy (non-hydrogen) atoms. The molecule has 0 bridgehead atoms. The van der Waals surface area contributed by atoms with Crippen molar-refractivity contribution in [2.75, 3.05) is 5.73 Å². The number of nitrogen functional groups attached to an aromatic ring is 1. The molecule has 0 saturated carbocycles. The molecule has 0 aliphatic rings. The zero-order valence-electron chi connectivity index (χ0n) is 12.9. The van der Waals surface area contributed by atoms with Gasteiger partial charge in [-0.3, -0.25) is 30.6 Å². The topological polar surface area (TPSA) is 127 Å². The van der Waals surface area contributed by atoms with Crippen LogP contribution in [0.4, 0.5) is 11.4 Å². The van der Waals surface area contributed by atoms with Gasteiger partial charge in [0.25, 0.3) is 17.5 Å². The van der Waals surface area contributed by atoms with Gasteiger partial charge in [-0.15, -0.1) is 0 Å². The van der Waals surface area contributed by atoms with Crippen LogP contribution >= 0.6 is 0 Å². The van der Waals surface area contributed by atoms with E-state index < -0.39 is 16.7 Å². The monoisotopic (exact) mass is 328 g/mol. The molecule has 2 rings (SSSR count). The van der Waals surface area contributed by atoms with Crippen molar-refractivity contribution in [1.29, 1.82) is 0 Å². The molecule has 124 valence electrons. The van der Waals surface area contributed by atoms with E-state index >= 15 is 0 Å². The molecule has 0 unspecified atom stereocenters. The zero-order valence-corrected chi connectivity index (χ0v) is 12.9. The number of nitrogens with zero attached hydrogens (tertiary/aromatic N) is 1. The average molecular weight is 328 g/mol. The molecule has 0 aliphatic heterocycles. The van der Waals surface area contributed by atoms with Crippen LogP contribution in [0.2, 0.25) is 0 Å². The van der Waals surface area contributed by atoms with Crippen LogP contribution in [0.3, 0.4) is 0 Å². The lowest BCUT2D eigenvalue weighted by molar-refractivity contribution is -0.383. The Kier molecular flexibility index (Phi) is 5.10. The van der Waals surface area contributed by atoms with Gasteiger partial charge in [0.1, 0.15) is 5.69 Å². The molecule has 0 radical (unpaired) electrons. The van der Waals surface area contributed by atoms with E-state index in [1.165, 1.54) is 12.1 Å². The van der Waals surface area contributed by atoms with Crippen molar-refractivity contribution in [3.63, 3.8) is 0 Å². The lowest BCUT2D eigenvalue weighted by Crippen LogP contribution is -2.41. The van der Waals surface area contributed by atoms with Crippen molar-refractivity contribution in [3.8, 4) is 0 Å². The fourth-order valence-corrected chi connectivity index (χ4v) is 1.99. The normalized spacial score (nSPS) is 10.0. The molecule has 4 N–H and O–H groups in total. The third kappa shape index (κ3) is 3.86. The minimum Gasteiger partial charge on any atom is -0.393 e. The van der Waals surface area contributed by atoms with Gasteiger partial charge < -0.3 is 5.73 Å². The number of hydrogen-bond donors (Lipinski definition) is 3. The fraction of sp³-hybridized carbons (Fsp3) is 0.125. The molecule has 8 nitrogen and oxygen atoms in total. The molecule has 2 aromatic carbocycles. The Labute approximate surface area is 137 Å². The third-order valence-electron chi connectivity index (χ3n) is 3.40. The maximum atomic E-state index is 12.0. The third-order valence-corrected chi connectivity index (χ3v) is 3.40. The van der Waals surface area contributed by atoms with E-state index in [0.29, 0.717) is 5.56 Å². The second-order valence-electron chi connectivity index (χ2n) is 4.99. The zero-order chi connectivity index (χ0) is 17.7. The van der Waals surface area contributed by atoms with Gasteiger partial charge in [-0.05, 0) is 36.2 Å². The summed E-state index contributed by atoms with van der Waals surface area (Å²) in [6.07, 6.45) is 0.856. The number of nitro benzene ring substituents is 1. The summed E-state index contributed by atoms with van der Waals surface area (Å²) in [7, 11) is 0. The molecule has 0 heterocycles. The van der Waals surface area contributed by atoms with Crippen LogP contribution in [-0.4, -0.2) is 16.7 Å². The number of nitrogens with two attached hydrogens (primary N) is 1. The smallest absolute Gasteiger partial charge is 0.292 e. The fourth-order valence-electron chi connectivity index (χ4n) is 1.99. The highest BCUT2D eigenvalue weighted by molar-refractivity contribution is 5.99. The van der Waals surface area contributed by atoms with E-state index in [1.807, 2.05) is 19.1 Å². The number of hydrogen-bond acceptors (Lipinski definition) is 5. The Morgan fingerprint density at radius 1 is 1.04 bits per heavy atom. The van der Waals surface area contributed by atoms with E-state index in [1.54, 1.807) is 12.1 Å². The minimum atomic E-state index is -0.684. The first-order chi connectivity index (χ1) is 11.4. The second kappa shape index (κ2) is 7.23. The molecule has 2 aromatic rings. The number of nitrogens with one attached hydrogen (secondary N) is 2. The van der Waals surface area contributed by atoms with Gasteiger partial charge in [-0.2, -0.15) is 0 Å². The van der Waals surface area contributed by atoms with Crippen LogP contribution in [0.5, 0.6) is 0 Å². The van der Waals surface area contributed by atoms with Crippen molar-refractivity contribution in [2.45, 2.75) is 13.3 Å². The maximum Gasteiger partial charge on any atom is 0.292 e. The molecule has 8 heteroatoms. The van der Waals surface area contributed by atoms with Crippen molar-refractivity contribution < 1.29 is 14.5 Å². The summed E-state index contributed by atoms with van der Waals surface area (Å²) in [5, 5.41) is 10.8. The summed E-state index contributed by atoms with van der Waals surface area (Å²) in [5.41, 5.74) is 11.0. The molecule has 0 saturated heterocycles. The van der Waals surface area contributed by atoms with Gasteiger partial charge in [0, 0.05) is 17.2 Å². The SMILES string of the molecule is CCc1ccc(C(=O)NNC(=O)c2ccc(N)c([N+](=O)[O-])c2)cc1. The Bertz CT molecular complexity index is 787. The highest BCUT2D eigenvalue weighted by Gasteiger charge is 2.16. The summed E-state index contributed by atoms with van der Waals surface area (Å²) >= 11 is 0. The van der Waals surface area contributed by atoms with Crippen LogP contribution in [0.25, 0.3) is 0 Å². The summed E-state index contributed by atoms with van der Waals surface area (Å²) in [6, 6.07) is 10.6. The number of nitro groups is 1. The first-order valence-electron chi connectivity index (χ1n) is 7.16. The molecule has 0 spiro atoms. The van der Waals surface area contributed by atoms with Gasteiger partial charge >= 0.3 is 0 Å². The Balaban J connectivity index is 2.03. The van der Waals surface area contributed by atoms with Crippen LogP contribution < -0.4 is 16.6 Å². The number of carbonyl (C=O) groups excluding carboxylic acids is 2. The summed E-state index contributed by atoms with van der Waals surface area (Å²) in [6.45, 7) is 2.00. The van der Waals surface area contributed by atoms with Crippen molar-refractivity contribution in [1.82, 2.24) is 10.9 Å². The summed E-state index contributed by atoms with van der Waals surface area (Å²) in [5.74, 6) is -1.17. The number of benzene rings is 2. The number of amides is 2. The van der Waals surface area contributed by atoms with Crippen molar-refractivity contribution in [3.05, 3.63) is 69.3 Å². The molecule has 0 atom stereocenters. The predicted molar refractivity (Wildman–Crippen MR) is 88.3 cm³/mol. The molecule has 0 aromatic heterocycles. The minimum absolute atomic E-state index is 0.0116. The first-order valence-corrected chi connectivity index (χ1v) is 7.16. The Morgan fingerprint density at radius 2 is 1.58 bits per heavy atom. The largest absolute Gasteiger partial charge is 0.393 e. The molecular formula is C16H16N4O4. The van der Waals surface area contributed by atoms with Gasteiger partial charge in [0.15, 0.2) is 0 Å². The summed E-state index contributed by atoms with van der Waals surface area (Å²) in [4.78, 5) is 34.1. The van der Waals surface area contributed by atoms with Gasteiger partial charge in [0.05, 0.1) is 4.92 Å². The quantitative estimate of drug-likeness (QED) is 0.448. The second-order valence-corrected chi connectivity index (χ2v) is 4.99. The summed E-state index contributed by atoms with van der Waals surface area (Å²) < 4.78 is 0. The van der Waals surface area contributed by atoms with Gasteiger partial charge in [-0.25, -0.2) is 0 Å². The van der Waals surface area contributed by atoms with Gasteiger partial charge in [-0.1, -0.05) is 19.1 Å². The highest BCUT2D eigenvalue weighted by atomic mass is 16.6.